The summed E-state index contributed by atoms with van der Waals surface area (Å²) in [6.07, 6.45) is 0.789. The number of amides is 1. The van der Waals surface area contributed by atoms with E-state index in [0.717, 1.165) is 19.4 Å². The molecular formula is C12H15FN2O2. The molecule has 1 saturated heterocycles. The highest BCUT2D eigenvalue weighted by atomic mass is 19.1. The first-order valence-corrected chi connectivity index (χ1v) is 5.67. The van der Waals surface area contributed by atoms with Crippen molar-refractivity contribution in [1.82, 2.24) is 5.32 Å². The van der Waals surface area contributed by atoms with E-state index in [0.29, 0.717) is 12.2 Å². The van der Waals surface area contributed by atoms with Crippen molar-refractivity contribution in [3.63, 3.8) is 0 Å². The Morgan fingerprint density at radius 1 is 1.41 bits per heavy atom. The maximum absolute atomic E-state index is 12.8. The molecule has 1 aliphatic heterocycles. The van der Waals surface area contributed by atoms with Crippen LogP contribution < -0.4 is 10.2 Å². The maximum Gasteiger partial charge on any atom is 0.412 e. The van der Waals surface area contributed by atoms with Crippen molar-refractivity contribution in [2.24, 2.45) is 0 Å². The molecule has 2 N–H and O–H groups in total. The summed E-state index contributed by atoms with van der Waals surface area (Å²) in [5, 5.41) is 12.4. The quantitative estimate of drug-likeness (QED) is 0.829. The summed E-state index contributed by atoms with van der Waals surface area (Å²) >= 11 is 0. The van der Waals surface area contributed by atoms with Gasteiger partial charge in [-0.15, -0.1) is 0 Å². The number of carbonyl (C=O) groups is 1. The first-order valence-electron chi connectivity index (χ1n) is 5.67. The lowest BCUT2D eigenvalue weighted by Gasteiger charge is -2.32. The average molecular weight is 238 g/mol. The van der Waals surface area contributed by atoms with Gasteiger partial charge in [-0.1, -0.05) is 0 Å². The number of piperidine rings is 1. The fourth-order valence-corrected chi connectivity index (χ4v) is 2.13. The lowest BCUT2D eigenvalue weighted by molar-refractivity contribution is 0.197. The third kappa shape index (κ3) is 2.74. The summed E-state index contributed by atoms with van der Waals surface area (Å²) in [5.74, 6) is -0.360. The number of hydrogen-bond acceptors (Lipinski definition) is 2. The van der Waals surface area contributed by atoms with Gasteiger partial charge in [-0.2, -0.15) is 0 Å². The molecular weight excluding hydrogens is 223 g/mol. The van der Waals surface area contributed by atoms with Crippen molar-refractivity contribution in [2.45, 2.75) is 18.9 Å². The molecule has 1 heterocycles. The van der Waals surface area contributed by atoms with Crippen LogP contribution in [-0.2, 0) is 0 Å². The molecule has 1 fully saturated rings. The number of hydrogen-bond donors (Lipinski definition) is 2. The standard InChI is InChI=1S/C12H15FN2O2/c13-9-3-5-10(6-4-9)15(12(16)17)11-2-1-7-14-8-11/h3-6,11,14H,1-2,7-8H2,(H,16,17). The second-order valence-electron chi connectivity index (χ2n) is 4.13. The number of benzene rings is 1. The van der Waals surface area contributed by atoms with Crippen LogP contribution in [0.3, 0.4) is 0 Å². The summed E-state index contributed by atoms with van der Waals surface area (Å²) < 4.78 is 12.8. The Labute approximate surface area is 99.0 Å². The summed E-state index contributed by atoms with van der Waals surface area (Å²) in [7, 11) is 0. The molecule has 2 rings (SSSR count). The summed E-state index contributed by atoms with van der Waals surface area (Å²) in [6.45, 7) is 1.57. The Hall–Kier alpha value is -1.62. The lowest BCUT2D eigenvalue weighted by Crippen LogP contribution is -2.48. The molecule has 1 unspecified atom stereocenters. The van der Waals surface area contributed by atoms with E-state index in [4.69, 9.17) is 0 Å². The van der Waals surface area contributed by atoms with E-state index in [1.807, 2.05) is 0 Å². The van der Waals surface area contributed by atoms with Gasteiger partial charge in [0, 0.05) is 12.2 Å². The van der Waals surface area contributed by atoms with Crippen LogP contribution in [0, 0.1) is 5.82 Å². The first kappa shape index (κ1) is 11.9. The van der Waals surface area contributed by atoms with Crippen LogP contribution in [0.5, 0.6) is 0 Å². The van der Waals surface area contributed by atoms with Crippen molar-refractivity contribution in [3.05, 3.63) is 30.1 Å². The Balaban J connectivity index is 2.21. The molecule has 17 heavy (non-hydrogen) atoms. The van der Waals surface area contributed by atoms with E-state index in [2.05, 4.69) is 5.32 Å². The zero-order valence-corrected chi connectivity index (χ0v) is 9.40. The Morgan fingerprint density at radius 3 is 2.65 bits per heavy atom. The topological polar surface area (TPSA) is 52.6 Å². The monoisotopic (exact) mass is 238 g/mol. The van der Waals surface area contributed by atoms with Gasteiger partial charge in [0.15, 0.2) is 0 Å². The minimum atomic E-state index is -0.995. The predicted molar refractivity (Wildman–Crippen MR) is 62.8 cm³/mol. The molecule has 0 bridgehead atoms. The fraction of sp³-hybridized carbons (Fsp3) is 0.417. The molecule has 4 nitrogen and oxygen atoms in total. The van der Waals surface area contributed by atoms with E-state index in [9.17, 15) is 14.3 Å². The minimum absolute atomic E-state index is 0.0771. The van der Waals surface area contributed by atoms with Gasteiger partial charge in [-0.25, -0.2) is 9.18 Å². The Kier molecular flexibility index (Phi) is 3.58. The maximum atomic E-state index is 12.8. The molecule has 1 aromatic rings. The number of nitrogens with zero attached hydrogens (tertiary/aromatic N) is 1. The molecule has 1 amide bonds. The van der Waals surface area contributed by atoms with Crippen molar-refractivity contribution in [1.29, 1.82) is 0 Å². The summed E-state index contributed by atoms with van der Waals surface area (Å²) in [4.78, 5) is 12.6. The number of halogens is 1. The highest BCUT2D eigenvalue weighted by molar-refractivity contribution is 5.86. The highest BCUT2D eigenvalue weighted by Gasteiger charge is 2.26. The van der Waals surface area contributed by atoms with Gasteiger partial charge in [-0.05, 0) is 43.7 Å². The van der Waals surface area contributed by atoms with Crippen LogP contribution in [0.2, 0.25) is 0 Å². The van der Waals surface area contributed by atoms with Gasteiger partial charge in [0.2, 0.25) is 0 Å². The summed E-state index contributed by atoms with van der Waals surface area (Å²) in [5.41, 5.74) is 0.521. The van der Waals surface area contributed by atoms with Crippen molar-refractivity contribution in [2.75, 3.05) is 18.0 Å². The van der Waals surface area contributed by atoms with Gasteiger partial charge in [-0.3, -0.25) is 4.90 Å². The van der Waals surface area contributed by atoms with Gasteiger partial charge in [0.1, 0.15) is 5.82 Å². The van der Waals surface area contributed by atoms with E-state index in [-0.39, 0.29) is 11.9 Å². The molecule has 0 aliphatic carbocycles. The van der Waals surface area contributed by atoms with Gasteiger partial charge in [0.25, 0.3) is 0 Å². The van der Waals surface area contributed by atoms with Crippen molar-refractivity contribution in [3.8, 4) is 0 Å². The van der Waals surface area contributed by atoms with E-state index >= 15 is 0 Å². The zero-order chi connectivity index (χ0) is 12.3. The second kappa shape index (κ2) is 5.14. The molecule has 92 valence electrons. The second-order valence-corrected chi connectivity index (χ2v) is 4.13. The lowest BCUT2D eigenvalue weighted by atomic mass is 10.1. The number of anilines is 1. The molecule has 5 heteroatoms. The van der Waals surface area contributed by atoms with Gasteiger partial charge in [0.05, 0.1) is 6.04 Å². The van der Waals surface area contributed by atoms with E-state index in [1.54, 1.807) is 0 Å². The van der Waals surface area contributed by atoms with Crippen LogP contribution in [-0.4, -0.2) is 30.3 Å². The van der Waals surface area contributed by atoms with Gasteiger partial charge >= 0.3 is 6.09 Å². The SMILES string of the molecule is O=C(O)N(c1ccc(F)cc1)C1CCCNC1. The van der Waals surface area contributed by atoms with E-state index in [1.165, 1.54) is 29.2 Å². The normalized spacial score (nSPS) is 19.9. The fourth-order valence-electron chi connectivity index (χ4n) is 2.13. The molecule has 1 aliphatic rings. The van der Waals surface area contributed by atoms with Crippen molar-refractivity contribution >= 4 is 11.8 Å². The van der Waals surface area contributed by atoms with Crippen LogP contribution in [0.15, 0.2) is 24.3 Å². The van der Waals surface area contributed by atoms with Crippen LogP contribution in [0.1, 0.15) is 12.8 Å². The third-order valence-corrected chi connectivity index (χ3v) is 2.95. The van der Waals surface area contributed by atoms with Gasteiger partial charge < -0.3 is 10.4 Å². The Morgan fingerprint density at radius 2 is 2.12 bits per heavy atom. The first-order chi connectivity index (χ1) is 8.18. The van der Waals surface area contributed by atoms with Crippen molar-refractivity contribution < 1.29 is 14.3 Å². The third-order valence-electron chi connectivity index (χ3n) is 2.95. The largest absolute Gasteiger partial charge is 0.465 e. The molecule has 0 radical (unpaired) electrons. The molecule has 1 atom stereocenters. The average Bonchev–Trinajstić information content (AvgIpc) is 2.33. The van der Waals surface area contributed by atoms with Crippen LogP contribution in [0.25, 0.3) is 0 Å². The molecule has 0 spiro atoms. The van der Waals surface area contributed by atoms with Crippen LogP contribution in [0.4, 0.5) is 14.9 Å². The van der Waals surface area contributed by atoms with E-state index < -0.39 is 6.09 Å². The predicted octanol–water partition coefficient (Wildman–Crippen LogP) is 2.06. The number of carboxylic acid groups (broad SMARTS) is 1. The Bertz CT molecular complexity index is 388. The smallest absolute Gasteiger partial charge is 0.412 e. The zero-order valence-electron chi connectivity index (χ0n) is 9.40. The molecule has 1 aromatic carbocycles. The minimum Gasteiger partial charge on any atom is -0.465 e. The van der Waals surface area contributed by atoms with Crippen LogP contribution >= 0.6 is 0 Å². The number of nitrogens with one attached hydrogen (secondary N) is 1. The number of rotatable bonds is 2. The summed E-state index contributed by atoms with van der Waals surface area (Å²) in [6, 6.07) is 5.48. The molecule has 0 saturated carbocycles. The highest BCUT2D eigenvalue weighted by Crippen LogP contribution is 2.21. The molecule has 0 aromatic heterocycles.